The van der Waals surface area contributed by atoms with Crippen LogP contribution in [-0.4, -0.2) is 31.8 Å². The summed E-state index contributed by atoms with van der Waals surface area (Å²) >= 11 is 0. The summed E-state index contributed by atoms with van der Waals surface area (Å²) in [6, 6.07) is 6.54. The Morgan fingerprint density at radius 2 is 2.05 bits per heavy atom. The molecule has 2 saturated heterocycles. The summed E-state index contributed by atoms with van der Waals surface area (Å²) in [7, 11) is 0. The number of rotatable bonds is 2. The first-order valence-electron chi connectivity index (χ1n) is 6.19. The van der Waals surface area contributed by atoms with Gasteiger partial charge in [0.25, 0.3) is 0 Å². The van der Waals surface area contributed by atoms with Crippen LogP contribution in [-0.2, 0) is 14.2 Å². The molecular weight excluding hydrogens is 250 g/mol. The van der Waals surface area contributed by atoms with Gasteiger partial charge in [-0.3, -0.25) is 0 Å². The molecule has 0 amide bonds. The van der Waals surface area contributed by atoms with Crippen molar-refractivity contribution in [2.75, 3.05) is 18.9 Å². The number of carbonyl (C=O) groups excluding carboxylic acids is 1. The third kappa shape index (κ3) is 2.64. The maximum atomic E-state index is 11.7. The summed E-state index contributed by atoms with van der Waals surface area (Å²) in [6.07, 6.45) is -0.432. The van der Waals surface area contributed by atoms with Gasteiger partial charge in [-0.2, -0.15) is 0 Å². The molecule has 0 aliphatic carbocycles. The zero-order valence-corrected chi connectivity index (χ0v) is 10.3. The lowest BCUT2D eigenvalue weighted by atomic mass is 10.0. The first-order chi connectivity index (χ1) is 9.22. The molecule has 6 nitrogen and oxygen atoms in total. The highest BCUT2D eigenvalue weighted by Gasteiger charge is 2.44. The molecule has 0 bridgehead atoms. The molecule has 102 valence electrons. The zero-order chi connectivity index (χ0) is 13.2. The predicted octanol–water partition coefficient (Wildman–Crippen LogP) is 1.55. The van der Waals surface area contributed by atoms with Gasteiger partial charge in [0.2, 0.25) is 0 Å². The first kappa shape index (κ1) is 12.3. The van der Waals surface area contributed by atoms with Crippen molar-refractivity contribution in [1.29, 1.82) is 0 Å². The van der Waals surface area contributed by atoms with Crippen LogP contribution in [0.15, 0.2) is 24.3 Å². The van der Waals surface area contributed by atoms with Crippen LogP contribution in [0.3, 0.4) is 0 Å². The van der Waals surface area contributed by atoms with Gasteiger partial charge in [-0.05, 0) is 30.7 Å². The number of nitrogen functional groups attached to an aromatic ring is 1. The molecule has 6 heteroatoms. The summed E-state index contributed by atoms with van der Waals surface area (Å²) < 4.78 is 21.1. The van der Waals surface area contributed by atoms with Crippen LogP contribution in [0, 0.1) is 5.92 Å². The lowest BCUT2D eigenvalue weighted by Gasteiger charge is -2.15. The summed E-state index contributed by atoms with van der Waals surface area (Å²) in [5, 5.41) is 0. The molecule has 0 unspecified atom stereocenters. The van der Waals surface area contributed by atoms with Gasteiger partial charge < -0.3 is 24.7 Å². The number of hydrogen-bond acceptors (Lipinski definition) is 6. The molecule has 1 aromatic rings. The SMILES string of the molecule is Nc1ccc(OC(=O)O[C@H]2CO[C@H]3OCC[C@H]32)cc1. The van der Waals surface area contributed by atoms with Crippen molar-refractivity contribution in [2.45, 2.75) is 18.8 Å². The second-order valence-electron chi connectivity index (χ2n) is 4.60. The van der Waals surface area contributed by atoms with Gasteiger partial charge in [0, 0.05) is 5.69 Å². The fourth-order valence-corrected chi connectivity index (χ4v) is 2.33. The highest BCUT2D eigenvalue weighted by Crippen LogP contribution is 2.33. The highest BCUT2D eigenvalue weighted by molar-refractivity contribution is 5.64. The average Bonchev–Trinajstić information content (AvgIpc) is 2.97. The van der Waals surface area contributed by atoms with Gasteiger partial charge in [0.1, 0.15) is 11.9 Å². The van der Waals surface area contributed by atoms with Crippen molar-refractivity contribution in [3.05, 3.63) is 24.3 Å². The first-order valence-corrected chi connectivity index (χ1v) is 6.19. The van der Waals surface area contributed by atoms with E-state index < -0.39 is 6.16 Å². The van der Waals surface area contributed by atoms with E-state index in [0.717, 1.165) is 6.42 Å². The third-order valence-corrected chi connectivity index (χ3v) is 3.31. The molecule has 2 heterocycles. The van der Waals surface area contributed by atoms with Crippen molar-refractivity contribution < 1.29 is 23.7 Å². The standard InChI is InChI=1S/C13H15NO5/c14-8-1-3-9(4-2-8)18-13(15)19-11-7-17-12-10(11)5-6-16-12/h1-4,10-12H,5-7,14H2/t10-,11-,12+/m0/s1. The Labute approximate surface area is 110 Å². The number of benzene rings is 1. The number of hydrogen-bond donors (Lipinski definition) is 1. The van der Waals surface area contributed by atoms with Crippen LogP contribution in [0.5, 0.6) is 5.75 Å². The van der Waals surface area contributed by atoms with E-state index in [1.165, 1.54) is 0 Å². The fraction of sp³-hybridized carbons (Fsp3) is 0.462. The third-order valence-electron chi connectivity index (χ3n) is 3.31. The van der Waals surface area contributed by atoms with Crippen LogP contribution in [0.25, 0.3) is 0 Å². The molecule has 0 saturated carbocycles. The second kappa shape index (κ2) is 5.07. The zero-order valence-electron chi connectivity index (χ0n) is 10.3. The molecule has 0 radical (unpaired) electrons. The minimum atomic E-state index is -0.731. The minimum Gasteiger partial charge on any atom is -0.428 e. The quantitative estimate of drug-likeness (QED) is 0.496. The van der Waals surface area contributed by atoms with Gasteiger partial charge in [-0.15, -0.1) is 0 Å². The molecule has 2 fully saturated rings. The molecule has 2 aliphatic heterocycles. The van der Waals surface area contributed by atoms with E-state index in [1.807, 2.05) is 0 Å². The van der Waals surface area contributed by atoms with Crippen molar-refractivity contribution >= 4 is 11.8 Å². The Morgan fingerprint density at radius 1 is 1.26 bits per heavy atom. The van der Waals surface area contributed by atoms with E-state index in [1.54, 1.807) is 24.3 Å². The van der Waals surface area contributed by atoms with Gasteiger partial charge in [-0.1, -0.05) is 0 Å². The minimum absolute atomic E-state index is 0.110. The van der Waals surface area contributed by atoms with Crippen LogP contribution >= 0.6 is 0 Å². The number of ether oxygens (including phenoxy) is 4. The predicted molar refractivity (Wildman–Crippen MR) is 65.6 cm³/mol. The van der Waals surface area contributed by atoms with Crippen LogP contribution in [0.4, 0.5) is 10.5 Å². The monoisotopic (exact) mass is 265 g/mol. The van der Waals surface area contributed by atoms with Crippen molar-refractivity contribution in [3.8, 4) is 5.75 Å². The van der Waals surface area contributed by atoms with Crippen LogP contribution in [0.1, 0.15) is 6.42 Å². The Kier molecular flexibility index (Phi) is 3.27. The largest absolute Gasteiger partial charge is 0.514 e. The van der Waals surface area contributed by atoms with Gasteiger partial charge in [-0.25, -0.2) is 4.79 Å². The molecule has 0 aromatic heterocycles. The van der Waals surface area contributed by atoms with E-state index in [0.29, 0.717) is 24.7 Å². The Balaban J connectivity index is 1.55. The maximum Gasteiger partial charge on any atom is 0.514 e. The molecule has 3 rings (SSSR count). The fourth-order valence-electron chi connectivity index (χ4n) is 2.33. The van der Waals surface area contributed by atoms with Gasteiger partial charge in [0.05, 0.1) is 19.1 Å². The molecule has 3 atom stereocenters. The lowest BCUT2D eigenvalue weighted by molar-refractivity contribution is -0.0907. The van der Waals surface area contributed by atoms with Crippen molar-refractivity contribution in [2.24, 2.45) is 5.92 Å². The summed E-state index contributed by atoms with van der Waals surface area (Å²) in [5.74, 6) is 0.510. The maximum absolute atomic E-state index is 11.7. The molecular formula is C13H15NO5. The number of nitrogens with two attached hydrogens (primary N) is 1. The highest BCUT2D eigenvalue weighted by atomic mass is 16.8. The van der Waals surface area contributed by atoms with E-state index in [-0.39, 0.29) is 18.3 Å². The van der Waals surface area contributed by atoms with Gasteiger partial charge in [0.15, 0.2) is 6.29 Å². The van der Waals surface area contributed by atoms with Gasteiger partial charge >= 0.3 is 6.16 Å². The smallest absolute Gasteiger partial charge is 0.428 e. The second-order valence-corrected chi connectivity index (χ2v) is 4.60. The lowest BCUT2D eigenvalue weighted by Crippen LogP contribution is -2.27. The van der Waals surface area contributed by atoms with E-state index in [2.05, 4.69) is 0 Å². The Hall–Kier alpha value is -1.79. The number of carbonyl (C=O) groups is 1. The molecule has 0 spiro atoms. The number of anilines is 1. The molecule has 2 N–H and O–H groups in total. The van der Waals surface area contributed by atoms with E-state index in [9.17, 15) is 4.79 Å². The van der Waals surface area contributed by atoms with Crippen LogP contribution < -0.4 is 10.5 Å². The normalized spacial score (nSPS) is 28.9. The molecule has 19 heavy (non-hydrogen) atoms. The Bertz CT molecular complexity index is 461. The summed E-state index contributed by atoms with van der Waals surface area (Å²) in [5.41, 5.74) is 6.15. The average molecular weight is 265 g/mol. The molecule has 1 aromatic carbocycles. The Morgan fingerprint density at radius 3 is 2.84 bits per heavy atom. The summed E-state index contributed by atoms with van der Waals surface area (Å²) in [4.78, 5) is 11.7. The molecule has 2 aliphatic rings. The van der Waals surface area contributed by atoms with E-state index in [4.69, 9.17) is 24.7 Å². The van der Waals surface area contributed by atoms with Crippen LogP contribution in [0.2, 0.25) is 0 Å². The summed E-state index contributed by atoms with van der Waals surface area (Å²) in [6.45, 7) is 0.994. The topological polar surface area (TPSA) is 80.0 Å². The van der Waals surface area contributed by atoms with Crippen molar-refractivity contribution in [3.63, 3.8) is 0 Å². The van der Waals surface area contributed by atoms with Crippen molar-refractivity contribution in [1.82, 2.24) is 0 Å². The number of fused-ring (bicyclic) bond motifs is 1. The van der Waals surface area contributed by atoms with E-state index >= 15 is 0 Å².